The summed E-state index contributed by atoms with van der Waals surface area (Å²) >= 11 is 0. The van der Waals surface area contributed by atoms with Crippen molar-refractivity contribution in [2.45, 2.75) is 12.8 Å². The summed E-state index contributed by atoms with van der Waals surface area (Å²) in [5.41, 5.74) is 1.57. The normalized spacial score (nSPS) is 13.1. The first kappa shape index (κ1) is 17.9. The Morgan fingerprint density at radius 1 is 1.04 bits per heavy atom. The molecule has 0 atom stereocenters. The highest BCUT2D eigenvalue weighted by atomic mass is 16.5. The number of methoxy groups -OCH3 is 1. The van der Waals surface area contributed by atoms with Crippen molar-refractivity contribution in [1.82, 2.24) is 5.32 Å². The van der Waals surface area contributed by atoms with E-state index in [1.165, 1.54) is 12.8 Å². The van der Waals surface area contributed by atoms with Crippen molar-refractivity contribution < 1.29 is 14.3 Å². The summed E-state index contributed by atoms with van der Waals surface area (Å²) in [7, 11) is 1.59. The Morgan fingerprint density at radius 2 is 1.77 bits per heavy atom. The fourth-order valence-electron chi connectivity index (χ4n) is 2.57. The lowest BCUT2D eigenvalue weighted by Crippen LogP contribution is -2.30. The molecule has 6 nitrogen and oxygen atoms in total. The molecule has 136 valence electrons. The van der Waals surface area contributed by atoms with E-state index < -0.39 is 0 Å². The van der Waals surface area contributed by atoms with E-state index in [1.54, 1.807) is 55.6 Å². The highest BCUT2D eigenvalue weighted by Gasteiger charge is 2.20. The van der Waals surface area contributed by atoms with Crippen LogP contribution in [0, 0.1) is 5.92 Å². The summed E-state index contributed by atoms with van der Waals surface area (Å²) in [5.74, 6) is 0.993. The smallest absolute Gasteiger partial charge is 0.257 e. The molecule has 0 saturated heterocycles. The van der Waals surface area contributed by atoms with Gasteiger partial charge in [-0.2, -0.15) is 0 Å². The monoisotopic (exact) mass is 353 g/mol. The first-order chi connectivity index (χ1) is 12.7. The van der Waals surface area contributed by atoms with Crippen LogP contribution in [0.1, 0.15) is 23.2 Å². The number of ether oxygens (including phenoxy) is 1. The van der Waals surface area contributed by atoms with E-state index in [0.717, 1.165) is 12.3 Å². The minimum Gasteiger partial charge on any atom is -0.497 e. The van der Waals surface area contributed by atoms with Crippen molar-refractivity contribution in [3.63, 3.8) is 0 Å². The Balaban J connectivity index is 1.61. The summed E-state index contributed by atoms with van der Waals surface area (Å²) in [4.78, 5) is 24.7. The maximum atomic E-state index is 12.6. The Morgan fingerprint density at radius 3 is 2.46 bits per heavy atom. The molecule has 0 aromatic heterocycles. The van der Waals surface area contributed by atoms with Crippen LogP contribution in [0.5, 0.6) is 5.75 Å². The number of hydrogen-bond acceptors (Lipinski definition) is 4. The molecule has 0 unspecified atom stereocenters. The number of anilines is 2. The fourth-order valence-corrected chi connectivity index (χ4v) is 2.57. The molecule has 1 fully saturated rings. The van der Waals surface area contributed by atoms with E-state index in [1.807, 2.05) is 0 Å². The van der Waals surface area contributed by atoms with Gasteiger partial charge in [-0.15, -0.1) is 0 Å². The molecule has 0 aliphatic heterocycles. The topological polar surface area (TPSA) is 79.5 Å². The minimum atomic E-state index is -0.281. The molecule has 3 N–H and O–H groups in total. The van der Waals surface area contributed by atoms with Gasteiger partial charge in [-0.3, -0.25) is 9.59 Å². The highest BCUT2D eigenvalue weighted by Crippen LogP contribution is 2.27. The van der Waals surface area contributed by atoms with E-state index in [-0.39, 0.29) is 18.4 Å². The molecule has 1 aliphatic rings. The van der Waals surface area contributed by atoms with Gasteiger partial charge in [0.2, 0.25) is 5.91 Å². The minimum absolute atomic E-state index is 0.157. The number of benzene rings is 2. The van der Waals surface area contributed by atoms with Crippen LogP contribution in [0.15, 0.2) is 48.5 Å². The second-order valence-corrected chi connectivity index (χ2v) is 6.35. The van der Waals surface area contributed by atoms with Gasteiger partial charge in [0.15, 0.2) is 0 Å². The van der Waals surface area contributed by atoms with E-state index in [4.69, 9.17) is 4.74 Å². The third-order valence-electron chi connectivity index (χ3n) is 4.21. The summed E-state index contributed by atoms with van der Waals surface area (Å²) in [5, 5.41) is 8.78. The van der Waals surface area contributed by atoms with Gasteiger partial charge in [-0.1, -0.05) is 12.1 Å². The van der Waals surface area contributed by atoms with E-state index in [2.05, 4.69) is 16.0 Å². The zero-order chi connectivity index (χ0) is 18.4. The number of amides is 2. The van der Waals surface area contributed by atoms with Gasteiger partial charge >= 0.3 is 0 Å². The first-order valence-electron chi connectivity index (χ1n) is 8.70. The van der Waals surface area contributed by atoms with Crippen LogP contribution in [-0.4, -0.2) is 32.0 Å². The molecule has 0 heterocycles. The van der Waals surface area contributed by atoms with Gasteiger partial charge in [-0.25, -0.2) is 0 Å². The number of carbonyl (C=O) groups excluding carboxylic acids is 2. The zero-order valence-electron chi connectivity index (χ0n) is 14.7. The molecule has 2 aromatic carbocycles. The van der Waals surface area contributed by atoms with Crippen LogP contribution < -0.4 is 20.7 Å². The van der Waals surface area contributed by atoms with E-state index in [0.29, 0.717) is 22.9 Å². The molecule has 0 bridgehead atoms. The first-order valence-corrected chi connectivity index (χ1v) is 8.70. The summed E-state index contributed by atoms with van der Waals surface area (Å²) in [6.07, 6.45) is 2.48. The molecule has 1 saturated carbocycles. The van der Waals surface area contributed by atoms with Crippen molar-refractivity contribution in [2.75, 3.05) is 30.8 Å². The molecule has 26 heavy (non-hydrogen) atoms. The van der Waals surface area contributed by atoms with E-state index >= 15 is 0 Å². The fraction of sp³-hybridized carbons (Fsp3) is 0.300. The number of hydrogen-bond donors (Lipinski definition) is 3. The molecule has 2 aromatic rings. The van der Waals surface area contributed by atoms with Gasteiger partial charge in [0, 0.05) is 5.69 Å². The van der Waals surface area contributed by atoms with Crippen molar-refractivity contribution in [3.8, 4) is 5.75 Å². The van der Waals surface area contributed by atoms with E-state index in [9.17, 15) is 9.59 Å². The van der Waals surface area contributed by atoms with Crippen LogP contribution >= 0.6 is 0 Å². The number of rotatable bonds is 8. The van der Waals surface area contributed by atoms with Crippen LogP contribution in [0.2, 0.25) is 0 Å². The zero-order valence-corrected chi connectivity index (χ0v) is 14.7. The molecular weight excluding hydrogens is 330 g/mol. The Bertz CT molecular complexity index is 770. The third-order valence-corrected chi connectivity index (χ3v) is 4.21. The van der Waals surface area contributed by atoms with Crippen molar-refractivity contribution in [1.29, 1.82) is 0 Å². The lowest BCUT2D eigenvalue weighted by molar-refractivity contribution is -0.115. The van der Waals surface area contributed by atoms with Crippen LogP contribution in [-0.2, 0) is 4.79 Å². The van der Waals surface area contributed by atoms with Crippen LogP contribution in [0.4, 0.5) is 11.4 Å². The number of nitrogens with one attached hydrogen (secondary N) is 3. The Labute approximate surface area is 152 Å². The average Bonchev–Trinajstić information content (AvgIpc) is 3.47. The second-order valence-electron chi connectivity index (χ2n) is 6.35. The Kier molecular flexibility index (Phi) is 5.86. The summed E-state index contributed by atoms with van der Waals surface area (Å²) in [6, 6.07) is 14.0. The van der Waals surface area contributed by atoms with Crippen LogP contribution in [0.3, 0.4) is 0 Å². The van der Waals surface area contributed by atoms with Gasteiger partial charge in [0.25, 0.3) is 5.91 Å². The Hall–Kier alpha value is -2.86. The number of para-hydroxylation sites is 1. The summed E-state index contributed by atoms with van der Waals surface area (Å²) < 4.78 is 5.11. The SMILES string of the molecule is COc1ccc(NC(=O)c2ccccc2NC(=O)CNCC2CC2)cc1. The predicted octanol–water partition coefficient (Wildman–Crippen LogP) is 2.89. The van der Waals surface area contributed by atoms with Crippen molar-refractivity contribution in [3.05, 3.63) is 54.1 Å². The lowest BCUT2D eigenvalue weighted by atomic mass is 10.1. The van der Waals surface area contributed by atoms with Gasteiger partial charge in [0.1, 0.15) is 5.75 Å². The predicted molar refractivity (Wildman–Crippen MR) is 102 cm³/mol. The molecule has 2 amide bonds. The maximum Gasteiger partial charge on any atom is 0.257 e. The molecular formula is C20H23N3O3. The van der Waals surface area contributed by atoms with Gasteiger partial charge < -0.3 is 20.7 Å². The van der Waals surface area contributed by atoms with Crippen molar-refractivity contribution >= 4 is 23.2 Å². The number of carbonyl (C=O) groups is 2. The van der Waals surface area contributed by atoms with Crippen LogP contribution in [0.25, 0.3) is 0 Å². The molecule has 0 radical (unpaired) electrons. The largest absolute Gasteiger partial charge is 0.497 e. The quantitative estimate of drug-likeness (QED) is 0.682. The van der Waals surface area contributed by atoms with Gasteiger partial charge in [0.05, 0.1) is 24.9 Å². The second kappa shape index (κ2) is 8.49. The van der Waals surface area contributed by atoms with Crippen molar-refractivity contribution in [2.24, 2.45) is 5.92 Å². The highest BCUT2D eigenvalue weighted by molar-refractivity contribution is 6.10. The molecule has 1 aliphatic carbocycles. The maximum absolute atomic E-state index is 12.6. The third kappa shape index (κ3) is 5.07. The average molecular weight is 353 g/mol. The lowest BCUT2D eigenvalue weighted by Gasteiger charge is -2.12. The molecule has 6 heteroatoms. The summed E-state index contributed by atoms with van der Waals surface area (Å²) in [6.45, 7) is 1.11. The standard InChI is InChI=1S/C20H23N3O3/c1-26-16-10-8-15(9-11-16)22-20(25)17-4-2-3-5-18(17)23-19(24)13-21-12-14-6-7-14/h2-5,8-11,14,21H,6-7,12-13H2,1H3,(H,22,25)(H,23,24). The molecule has 3 rings (SSSR count). The molecule has 0 spiro atoms. The van der Waals surface area contributed by atoms with Gasteiger partial charge in [-0.05, 0) is 61.7 Å².